The van der Waals surface area contributed by atoms with Crippen LogP contribution in [0, 0.1) is 3.57 Å². The molecule has 4 aromatic carbocycles. The van der Waals surface area contributed by atoms with E-state index < -0.39 is 0 Å². The van der Waals surface area contributed by atoms with Crippen LogP contribution < -0.4 is 10.1 Å². The van der Waals surface area contributed by atoms with Crippen molar-refractivity contribution in [2.24, 2.45) is 0 Å². The summed E-state index contributed by atoms with van der Waals surface area (Å²) in [4.78, 5) is 0. The van der Waals surface area contributed by atoms with Crippen molar-refractivity contribution in [2.45, 2.75) is 38.1 Å². The average molecular weight is 644 g/mol. The summed E-state index contributed by atoms with van der Waals surface area (Å²) in [6, 6.07) is 32.0. The van der Waals surface area contributed by atoms with E-state index in [0.29, 0.717) is 32.3 Å². The van der Waals surface area contributed by atoms with Gasteiger partial charge in [0.1, 0.15) is 5.75 Å². The fourth-order valence-corrected chi connectivity index (χ4v) is 5.42. The van der Waals surface area contributed by atoms with Gasteiger partial charge in [-0.05, 0) is 87.3 Å². The minimum absolute atomic E-state index is 0. The number of fused-ring (bicyclic) bond motifs is 1. The molecule has 0 amide bonds. The van der Waals surface area contributed by atoms with Crippen LogP contribution in [0.1, 0.15) is 35.4 Å². The minimum atomic E-state index is 0. The van der Waals surface area contributed by atoms with Crippen molar-refractivity contribution in [1.29, 1.82) is 0 Å². The number of halogens is 2. The average Bonchev–Trinajstić information content (AvgIpc) is 2.95. The number of nitrogens with one attached hydrogen (secondary N) is 1. The Hall–Kier alpha value is -2.16. The summed E-state index contributed by atoms with van der Waals surface area (Å²) >= 11 is 2.35. The van der Waals surface area contributed by atoms with Gasteiger partial charge in [0.25, 0.3) is 0 Å². The van der Waals surface area contributed by atoms with Crippen molar-refractivity contribution in [3.63, 3.8) is 0 Å². The lowest BCUT2D eigenvalue weighted by molar-refractivity contribution is 0.0106. The van der Waals surface area contributed by atoms with Crippen LogP contribution in [-0.2, 0) is 22.7 Å². The Labute approximate surface area is 245 Å². The molecule has 5 rings (SSSR count). The maximum atomic E-state index is 6.45. The summed E-state index contributed by atoms with van der Waals surface area (Å²) in [5, 5.41) is 6.03. The van der Waals surface area contributed by atoms with Crippen LogP contribution in [0.5, 0.6) is 5.75 Å². The van der Waals surface area contributed by atoms with Crippen molar-refractivity contribution in [2.75, 3.05) is 26.3 Å². The molecule has 0 radical (unpaired) electrons. The largest absolute Gasteiger partial charge is 0.494 e. The molecule has 6 heteroatoms. The van der Waals surface area contributed by atoms with Crippen LogP contribution in [0.4, 0.5) is 0 Å². The molecule has 0 aromatic heterocycles. The molecule has 1 saturated heterocycles. The van der Waals surface area contributed by atoms with E-state index in [-0.39, 0.29) is 18.5 Å². The highest BCUT2D eigenvalue weighted by molar-refractivity contribution is 14.1. The van der Waals surface area contributed by atoms with Gasteiger partial charge in [0.05, 0.1) is 32.5 Å². The molecule has 0 spiro atoms. The van der Waals surface area contributed by atoms with Crippen LogP contribution in [0.25, 0.3) is 10.8 Å². The molecule has 4 aromatic rings. The topological polar surface area (TPSA) is 39.7 Å². The molecule has 4 nitrogen and oxygen atoms in total. The molecule has 2 unspecified atom stereocenters. The van der Waals surface area contributed by atoms with E-state index in [9.17, 15) is 0 Å². The summed E-state index contributed by atoms with van der Waals surface area (Å²) in [5.41, 5.74) is 3.77. The fraction of sp³-hybridized carbons (Fsp3) is 0.312. The lowest BCUT2D eigenvalue weighted by Gasteiger charge is -2.32. The molecule has 0 bridgehead atoms. The summed E-state index contributed by atoms with van der Waals surface area (Å²) < 4.78 is 19.5. The summed E-state index contributed by atoms with van der Waals surface area (Å²) in [6.07, 6.45) is 2.08. The third-order valence-corrected chi connectivity index (χ3v) is 7.98. The van der Waals surface area contributed by atoms with Crippen molar-refractivity contribution in [3.05, 3.63) is 111 Å². The maximum absolute atomic E-state index is 6.45. The predicted molar refractivity (Wildman–Crippen MR) is 165 cm³/mol. The minimum Gasteiger partial charge on any atom is -0.494 e. The zero-order valence-corrected chi connectivity index (χ0v) is 24.5. The first kappa shape index (κ1) is 28.8. The fourth-order valence-electron chi connectivity index (χ4n) is 4.88. The lowest BCUT2D eigenvalue weighted by atomic mass is 9.87. The quantitative estimate of drug-likeness (QED) is 0.136. The van der Waals surface area contributed by atoms with E-state index in [1.165, 1.54) is 31.0 Å². The molecular formula is C32H35ClINO3. The van der Waals surface area contributed by atoms with Gasteiger partial charge < -0.3 is 19.5 Å². The van der Waals surface area contributed by atoms with Gasteiger partial charge in [-0.25, -0.2) is 0 Å². The number of piperidine rings is 1. The van der Waals surface area contributed by atoms with Crippen molar-refractivity contribution >= 4 is 45.8 Å². The first-order chi connectivity index (χ1) is 18.3. The molecule has 38 heavy (non-hydrogen) atoms. The molecule has 200 valence electrons. The van der Waals surface area contributed by atoms with Gasteiger partial charge in [0, 0.05) is 22.5 Å². The highest BCUT2D eigenvalue weighted by Crippen LogP contribution is 2.30. The Balaban J connectivity index is 0.00000336. The van der Waals surface area contributed by atoms with Gasteiger partial charge in [-0.2, -0.15) is 0 Å². The zero-order valence-electron chi connectivity index (χ0n) is 21.5. The third kappa shape index (κ3) is 7.93. The maximum Gasteiger partial charge on any atom is 0.119 e. The molecule has 1 aliphatic heterocycles. The van der Waals surface area contributed by atoms with E-state index >= 15 is 0 Å². The standard InChI is InChI=1S/C32H34INO3.ClH/c33-31-9-4-3-8-28(31)23-35-18-5-19-36-29-14-12-26(13-15-29)30-16-17-34-21-32(30)37-22-24-10-11-25-6-1-2-7-27(25)20-24;/h1-4,6-15,20,30,32,34H,5,16-19,21-23H2;1H. The van der Waals surface area contributed by atoms with Gasteiger partial charge >= 0.3 is 0 Å². The first-order valence-electron chi connectivity index (χ1n) is 13.1. The monoisotopic (exact) mass is 643 g/mol. The highest BCUT2D eigenvalue weighted by atomic mass is 127. The van der Waals surface area contributed by atoms with E-state index in [1.807, 2.05) is 0 Å². The molecule has 1 aliphatic rings. The number of ether oxygens (including phenoxy) is 3. The second-order valence-electron chi connectivity index (χ2n) is 9.55. The first-order valence-corrected chi connectivity index (χ1v) is 14.2. The SMILES string of the molecule is Cl.Ic1ccccc1COCCCOc1ccc(C2CCNCC2OCc2ccc3ccccc3c2)cc1. The summed E-state index contributed by atoms with van der Waals surface area (Å²) in [5.74, 6) is 1.29. The van der Waals surface area contributed by atoms with Crippen molar-refractivity contribution in [1.82, 2.24) is 5.32 Å². The molecule has 0 aliphatic carbocycles. The zero-order chi connectivity index (χ0) is 25.3. The lowest BCUT2D eigenvalue weighted by Crippen LogP contribution is -2.40. The Morgan fingerprint density at radius 1 is 0.816 bits per heavy atom. The second-order valence-corrected chi connectivity index (χ2v) is 10.7. The molecular weight excluding hydrogens is 609 g/mol. The van der Waals surface area contributed by atoms with E-state index in [1.54, 1.807) is 0 Å². The van der Waals surface area contributed by atoms with Gasteiger partial charge in [0.2, 0.25) is 0 Å². The van der Waals surface area contributed by atoms with Gasteiger partial charge in [-0.3, -0.25) is 0 Å². The smallest absolute Gasteiger partial charge is 0.119 e. The predicted octanol–water partition coefficient (Wildman–Crippen LogP) is 7.51. The number of hydrogen-bond donors (Lipinski definition) is 1. The van der Waals surface area contributed by atoms with Gasteiger partial charge in [-0.15, -0.1) is 12.4 Å². The summed E-state index contributed by atoms with van der Waals surface area (Å²) in [6.45, 7) is 4.50. The normalized spacial score (nSPS) is 17.2. The number of benzene rings is 4. The van der Waals surface area contributed by atoms with Crippen LogP contribution in [0.3, 0.4) is 0 Å². The van der Waals surface area contributed by atoms with E-state index in [2.05, 4.69) is 119 Å². The Morgan fingerprint density at radius 3 is 2.45 bits per heavy atom. The van der Waals surface area contributed by atoms with Crippen molar-refractivity contribution < 1.29 is 14.2 Å². The molecule has 2 atom stereocenters. The Kier molecular flexibility index (Phi) is 11.3. The van der Waals surface area contributed by atoms with Crippen molar-refractivity contribution in [3.8, 4) is 5.75 Å². The number of rotatable bonds is 11. The Morgan fingerprint density at radius 2 is 1.61 bits per heavy atom. The van der Waals surface area contributed by atoms with E-state index in [4.69, 9.17) is 14.2 Å². The van der Waals surface area contributed by atoms with Crippen LogP contribution >= 0.6 is 35.0 Å². The number of hydrogen-bond acceptors (Lipinski definition) is 4. The molecule has 1 heterocycles. The summed E-state index contributed by atoms with van der Waals surface area (Å²) in [7, 11) is 0. The van der Waals surface area contributed by atoms with Crippen LogP contribution in [0.15, 0.2) is 91.0 Å². The van der Waals surface area contributed by atoms with Crippen LogP contribution in [-0.4, -0.2) is 32.4 Å². The van der Waals surface area contributed by atoms with Crippen LogP contribution in [0.2, 0.25) is 0 Å². The van der Waals surface area contributed by atoms with E-state index in [0.717, 1.165) is 31.7 Å². The van der Waals surface area contributed by atoms with Gasteiger partial charge in [-0.1, -0.05) is 66.7 Å². The molecule has 1 fully saturated rings. The second kappa shape index (κ2) is 14.8. The third-order valence-electron chi connectivity index (χ3n) is 6.93. The van der Waals surface area contributed by atoms with Gasteiger partial charge in [0.15, 0.2) is 0 Å². The molecule has 0 saturated carbocycles. The Bertz CT molecular complexity index is 1280. The highest BCUT2D eigenvalue weighted by Gasteiger charge is 2.27. The molecule has 1 N–H and O–H groups in total.